The second-order valence-electron chi connectivity index (χ2n) is 5.31. The largest absolute Gasteiger partial charge is 0.375 e. The highest BCUT2D eigenvalue weighted by Crippen LogP contribution is 2.27. The van der Waals surface area contributed by atoms with Gasteiger partial charge < -0.3 is 4.90 Å². The third kappa shape index (κ3) is 2.54. The van der Waals surface area contributed by atoms with E-state index in [9.17, 15) is 0 Å². The Labute approximate surface area is 104 Å². The van der Waals surface area contributed by atoms with E-state index in [0.29, 0.717) is 12.0 Å². The Balaban J connectivity index is 2.05. The van der Waals surface area contributed by atoms with Crippen molar-refractivity contribution in [3.8, 4) is 0 Å². The first-order valence-electron chi connectivity index (χ1n) is 6.53. The lowest BCUT2D eigenvalue weighted by atomic mass is 10.0. The first-order valence-corrected chi connectivity index (χ1v) is 6.53. The number of aromatic nitrogens is 2. The van der Waals surface area contributed by atoms with Crippen molar-refractivity contribution < 1.29 is 0 Å². The summed E-state index contributed by atoms with van der Waals surface area (Å²) in [4.78, 5) is 2.37. The lowest BCUT2D eigenvalue weighted by Crippen LogP contribution is -2.33. The number of hydrogen-bond donors (Lipinski definition) is 0. The second kappa shape index (κ2) is 4.94. The second-order valence-corrected chi connectivity index (χ2v) is 5.31. The molecule has 1 aliphatic rings. The number of nitrogens with zero attached hydrogens (tertiary/aromatic N) is 3. The van der Waals surface area contributed by atoms with Gasteiger partial charge in [0.1, 0.15) is 0 Å². The summed E-state index contributed by atoms with van der Waals surface area (Å²) in [6, 6.07) is 2.72. The zero-order chi connectivity index (χ0) is 12.4. The van der Waals surface area contributed by atoms with Crippen LogP contribution in [0.3, 0.4) is 0 Å². The Morgan fingerprint density at radius 2 is 2.06 bits per heavy atom. The average molecular weight is 233 g/mol. The summed E-state index contributed by atoms with van der Waals surface area (Å²) >= 11 is 0. The van der Waals surface area contributed by atoms with Crippen molar-refractivity contribution in [3.05, 3.63) is 30.2 Å². The van der Waals surface area contributed by atoms with Gasteiger partial charge in [-0.1, -0.05) is 20.4 Å². The van der Waals surface area contributed by atoms with Crippen LogP contribution in [0.1, 0.15) is 51.3 Å². The maximum Gasteiger partial charge on any atom is 0.0556 e. The summed E-state index contributed by atoms with van der Waals surface area (Å²) in [5.41, 5.74) is 2.55. The molecule has 0 atom stereocenters. The molecule has 94 valence electrons. The van der Waals surface area contributed by atoms with Gasteiger partial charge in [0, 0.05) is 30.7 Å². The maximum absolute atomic E-state index is 4.51. The van der Waals surface area contributed by atoms with Crippen LogP contribution in [0.15, 0.2) is 24.5 Å². The van der Waals surface area contributed by atoms with Gasteiger partial charge in [-0.3, -0.25) is 4.68 Å². The Bertz CT molecular complexity index is 384. The third-order valence-electron chi connectivity index (χ3n) is 3.64. The first kappa shape index (κ1) is 12.2. The molecule has 2 heterocycles. The summed E-state index contributed by atoms with van der Waals surface area (Å²) in [5.74, 6) is 0.552. The van der Waals surface area contributed by atoms with Gasteiger partial charge in [0.2, 0.25) is 0 Å². The monoisotopic (exact) mass is 233 g/mol. The quantitative estimate of drug-likeness (QED) is 0.799. The van der Waals surface area contributed by atoms with Crippen LogP contribution >= 0.6 is 0 Å². The molecule has 3 heteroatoms. The van der Waals surface area contributed by atoms with E-state index < -0.39 is 0 Å². The molecule has 0 aliphatic carbocycles. The number of piperidine rings is 1. The standard InChI is InChI=1S/C14H23N3/c1-11(2)14-5-8-15-17(14)13-6-9-16(10-7-13)12(3)4/h5,8,11,13H,3,6-7,9-10H2,1-2,4H3. The van der Waals surface area contributed by atoms with E-state index in [0.717, 1.165) is 13.1 Å². The molecule has 1 aromatic heterocycles. The van der Waals surface area contributed by atoms with Crippen molar-refractivity contribution in [2.75, 3.05) is 13.1 Å². The van der Waals surface area contributed by atoms with Crippen molar-refractivity contribution in [1.29, 1.82) is 0 Å². The number of likely N-dealkylation sites (tertiary alicyclic amines) is 1. The minimum absolute atomic E-state index is 0.552. The minimum Gasteiger partial charge on any atom is -0.375 e. The van der Waals surface area contributed by atoms with E-state index in [-0.39, 0.29) is 0 Å². The lowest BCUT2D eigenvalue weighted by molar-refractivity contribution is 0.216. The van der Waals surface area contributed by atoms with Crippen molar-refractivity contribution >= 4 is 0 Å². The van der Waals surface area contributed by atoms with Crippen molar-refractivity contribution in [3.63, 3.8) is 0 Å². The predicted molar refractivity (Wildman–Crippen MR) is 71.0 cm³/mol. The van der Waals surface area contributed by atoms with E-state index in [1.807, 2.05) is 6.20 Å². The Morgan fingerprint density at radius 3 is 2.59 bits per heavy atom. The fourth-order valence-electron chi connectivity index (χ4n) is 2.58. The Kier molecular flexibility index (Phi) is 3.55. The van der Waals surface area contributed by atoms with Crippen LogP contribution in [0.5, 0.6) is 0 Å². The van der Waals surface area contributed by atoms with E-state index in [2.05, 4.69) is 48.1 Å². The highest BCUT2D eigenvalue weighted by Gasteiger charge is 2.22. The lowest BCUT2D eigenvalue weighted by Gasteiger charge is -2.34. The summed E-state index contributed by atoms with van der Waals surface area (Å²) in [6.45, 7) is 12.8. The number of allylic oxidation sites excluding steroid dienone is 1. The molecule has 1 fully saturated rings. The molecule has 0 unspecified atom stereocenters. The van der Waals surface area contributed by atoms with Gasteiger partial charge >= 0.3 is 0 Å². The van der Waals surface area contributed by atoms with E-state index in [4.69, 9.17) is 0 Å². The van der Waals surface area contributed by atoms with Crippen LogP contribution in [-0.2, 0) is 0 Å². The molecule has 0 radical (unpaired) electrons. The van der Waals surface area contributed by atoms with Gasteiger partial charge in [-0.2, -0.15) is 5.10 Å². The molecule has 3 nitrogen and oxygen atoms in total. The van der Waals surface area contributed by atoms with Gasteiger partial charge in [-0.15, -0.1) is 0 Å². The van der Waals surface area contributed by atoms with Crippen LogP contribution in [0.2, 0.25) is 0 Å². The highest BCUT2D eigenvalue weighted by molar-refractivity contribution is 5.07. The fraction of sp³-hybridized carbons (Fsp3) is 0.643. The van der Waals surface area contributed by atoms with E-state index >= 15 is 0 Å². The van der Waals surface area contributed by atoms with Gasteiger partial charge in [0.15, 0.2) is 0 Å². The molecule has 2 rings (SSSR count). The van der Waals surface area contributed by atoms with Crippen LogP contribution < -0.4 is 0 Å². The maximum atomic E-state index is 4.51. The van der Waals surface area contributed by atoms with Crippen molar-refractivity contribution in [2.24, 2.45) is 0 Å². The molecule has 1 saturated heterocycles. The molecule has 0 N–H and O–H groups in total. The summed E-state index contributed by atoms with van der Waals surface area (Å²) in [6.07, 6.45) is 4.28. The van der Waals surface area contributed by atoms with Gasteiger partial charge in [0.25, 0.3) is 0 Å². The summed E-state index contributed by atoms with van der Waals surface area (Å²) in [5, 5.41) is 4.51. The van der Waals surface area contributed by atoms with Crippen LogP contribution in [-0.4, -0.2) is 27.8 Å². The van der Waals surface area contributed by atoms with Gasteiger partial charge in [0.05, 0.1) is 6.04 Å². The minimum atomic E-state index is 0.552. The van der Waals surface area contributed by atoms with Crippen LogP contribution in [0.4, 0.5) is 0 Å². The molecule has 0 aromatic carbocycles. The molecule has 1 aromatic rings. The third-order valence-corrected chi connectivity index (χ3v) is 3.64. The summed E-state index contributed by atoms with van der Waals surface area (Å²) < 4.78 is 2.24. The number of rotatable bonds is 3. The molecule has 0 saturated carbocycles. The van der Waals surface area contributed by atoms with E-state index in [1.165, 1.54) is 24.2 Å². The highest BCUT2D eigenvalue weighted by atomic mass is 15.3. The number of hydrogen-bond acceptors (Lipinski definition) is 2. The Hall–Kier alpha value is -1.25. The molecule has 17 heavy (non-hydrogen) atoms. The molecular weight excluding hydrogens is 210 g/mol. The normalized spacial score (nSPS) is 17.8. The van der Waals surface area contributed by atoms with Crippen molar-refractivity contribution in [2.45, 2.75) is 45.6 Å². The zero-order valence-corrected chi connectivity index (χ0v) is 11.2. The Morgan fingerprint density at radius 1 is 1.41 bits per heavy atom. The predicted octanol–water partition coefficient (Wildman–Crippen LogP) is 3.18. The van der Waals surface area contributed by atoms with Gasteiger partial charge in [-0.25, -0.2) is 0 Å². The van der Waals surface area contributed by atoms with E-state index in [1.54, 1.807) is 0 Å². The fourth-order valence-corrected chi connectivity index (χ4v) is 2.58. The SMILES string of the molecule is C=C(C)N1CCC(n2nccc2C(C)C)CC1. The topological polar surface area (TPSA) is 21.1 Å². The molecular formula is C14H23N3. The van der Waals surface area contributed by atoms with Crippen LogP contribution in [0.25, 0.3) is 0 Å². The zero-order valence-electron chi connectivity index (χ0n) is 11.2. The van der Waals surface area contributed by atoms with Crippen molar-refractivity contribution in [1.82, 2.24) is 14.7 Å². The smallest absolute Gasteiger partial charge is 0.0556 e. The van der Waals surface area contributed by atoms with Crippen LogP contribution in [0, 0.1) is 0 Å². The van der Waals surface area contributed by atoms with Gasteiger partial charge in [-0.05, 0) is 31.7 Å². The molecule has 1 aliphatic heterocycles. The first-order chi connectivity index (χ1) is 8.09. The average Bonchev–Trinajstić information content (AvgIpc) is 2.78. The molecule has 0 bridgehead atoms. The summed E-state index contributed by atoms with van der Waals surface area (Å²) in [7, 11) is 0. The molecule has 0 amide bonds. The molecule has 0 spiro atoms.